The summed E-state index contributed by atoms with van der Waals surface area (Å²) < 4.78 is 7.08. The lowest BCUT2D eigenvalue weighted by atomic mass is 10.4. The van der Waals surface area contributed by atoms with E-state index in [0.29, 0.717) is 0 Å². The number of rotatable bonds is 0. The van der Waals surface area contributed by atoms with Crippen LogP contribution in [0.1, 0.15) is 0 Å². The van der Waals surface area contributed by atoms with Crippen LogP contribution in [0.15, 0.2) is 0 Å². The van der Waals surface area contributed by atoms with Crippen molar-refractivity contribution in [3.8, 4) is 0 Å². The molecule has 0 aromatic heterocycles. The molecule has 0 aromatic rings. The average Bonchev–Trinajstić information content (AvgIpc) is 2.22. The van der Waals surface area contributed by atoms with Gasteiger partial charge in [-0.05, 0) is 0 Å². The molecule has 5 nitrogen and oxygen atoms in total. The predicted octanol–water partition coefficient (Wildman–Crippen LogP) is -0.253. The fourth-order valence-corrected chi connectivity index (χ4v) is 5.13. The molecule has 6 heteroatoms. The first kappa shape index (κ1) is 11.7. The summed E-state index contributed by atoms with van der Waals surface area (Å²) in [5.74, 6) is 0. The van der Waals surface area contributed by atoms with Crippen molar-refractivity contribution in [3.63, 3.8) is 0 Å². The van der Waals surface area contributed by atoms with E-state index < -0.39 is 7.87 Å². The summed E-state index contributed by atoms with van der Waals surface area (Å²) in [4.78, 5) is 2.53. The first-order chi connectivity index (χ1) is 7.05. The van der Waals surface area contributed by atoms with Crippen molar-refractivity contribution in [1.82, 2.24) is 18.9 Å². The van der Waals surface area contributed by atoms with Crippen molar-refractivity contribution in [3.05, 3.63) is 0 Å². The maximum atomic E-state index is 6.66. The minimum Gasteiger partial charge on any atom is -0.299 e. The fraction of sp³-hybridized carbons (Fsp3) is 1.00. The Labute approximate surface area is 93.3 Å². The van der Waals surface area contributed by atoms with Crippen LogP contribution in [-0.2, 0) is 0 Å². The van der Waals surface area contributed by atoms with Gasteiger partial charge < -0.3 is 0 Å². The number of nitrogens with zero attached hydrogens (tertiary/aromatic N) is 4. The fourth-order valence-electron chi connectivity index (χ4n) is 2.42. The first-order valence-corrected chi connectivity index (χ1v) is 7.31. The molecule has 0 unspecified atom stereocenters. The van der Waals surface area contributed by atoms with Gasteiger partial charge in [-0.25, -0.2) is 0 Å². The minimum absolute atomic E-state index is 1.08. The van der Waals surface area contributed by atoms with Crippen molar-refractivity contribution in [2.24, 2.45) is 5.50 Å². The number of fused-ring (bicyclic) bond motifs is 6. The van der Waals surface area contributed by atoms with Crippen LogP contribution in [0.25, 0.3) is 0 Å². The van der Waals surface area contributed by atoms with E-state index in [1.807, 2.05) is 0 Å². The summed E-state index contributed by atoms with van der Waals surface area (Å²) in [5.41, 5.74) is 6.66. The van der Waals surface area contributed by atoms with Gasteiger partial charge in [0.15, 0.2) is 0 Å². The van der Waals surface area contributed by atoms with Gasteiger partial charge in [-0.15, -0.1) is 14.0 Å². The van der Waals surface area contributed by atoms with Crippen LogP contribution in [0.5, 0.6) is 0 Å². The van der Waals surface area contributed by atoms with Gasteiger partial charge in [0.05, 0.1) is 19.6 Å². The molecular weight excluding hydrogens is 209 g/mol. The molecule has 0 atom stereocenters. The lowest BCUT2D eigenvalue weighted by Gasteiger charge is -2.46. The summed E-state index contributed by atoms with van der Waals surface area (Å²) in [7, 11) is 4.79. The van der Waals surface area contributed by atoms with Crippen LogP contribution >= 0.6 is 7.87 Å². The molecule has 2 bridgehead atoms. The van der Waals surface area contributed by atoms with Crippen LogP contribution in [0.2, 0.25) is 0 Å². The van der Waals surface area contributed by atoms with E-state index in [2.05, 4.69) is 40.1 Å². The van der Waals surface area contributed by atoms with Gasteiger partial charge >= 0.3 is 7.87 Å². The second-order valence-corrected chi connectivity index (χ2v) is 7.88. The van der Waals surface area contributed by atoms with Crippen molar-refractivity contribution in [1.29, 1.82) is 0 Å². The summed E-state index contributed by atoms with van der Waals surface area (Å²) in [6, 6.07) is 0. The third-order valence-electron chi connectivity index (χ3n) is 3.73. The molecule has 3 aliphatic rings. The van der Waals surface area contributed by atoms with Gasteiger partial charge in [-0.1, -0.05) is 0 Å². The largest absolute Gasteiger partial charge is 0.302 e. The predicted molar refractivity (Wildman–Crippen MR) is 65.4 cm³/mol. The molecule has 3 rings (SSSR count). The molecule has 0 radical (unpaired) electrons. The summed E-state index contributed by atoms with van der Waals surface area (Å²) in [6.07, 6.45) is 0. The zero-order valence-electron chi connectivity index (χ0n) is 10.1. The second-order valence-electron chi connectivity index (χ2n) is 4.60. The Morgan fingerprint density at radius 3 is 1.40 bits per heavy atom. The van der Waals surface area contributed by atoms with Gasteiger partial charge in [0.1, 0.15) is 0 Å². The van der Waals surface area contributed by atoms with E-state index in [1.165, 1.54) is 0 Å². The van der Waals surface area contributed by atoms with Gasteiger partial charge in [-0.3, -0.25) is 4.90 Å². The van der Waals surface area contributed by atoms with E-state index in [1.54, 1.807) is 0 Å². The van der Waals surface area contributed by atoms with E-state index in [4.69, 9.17) is 5.50 Å². The quantitative estimate of drug-likeness (QED) is 0.583. The van der Waals surface area contributed by atoms with Crippen LogP contribution in [0.4, 0.5) is 0 Å². The van der Waals surface area contributed by atoms with Gasteiger partial charge in [0.2, 0.25) is 0 Å². The topological polar surface area (TPSA) is 39.0 Å². The molecule has 3 saturated heterocycles. The zero-order valence-corrected chi connectivity index (χ0v) is 11.0. The second kappa shape index (κ2) is 4.24. The van der Waals surface area contributed by atoms with Crippen molar-refractivity contribution >= 4 is 7.87 Å². The highest BCUT2D eigenvalue weighted by atomic mass is 31.2. The molecule has 0 aliphatic carbocycles. The zero-order chi connectivity index (χ0) is 11.1. The highest BCUT2D eigenvalue weighted by molar-refractivity contribution is 7.66. The van der Waals surface area contributed by atoms with Crippen LogP contribution in [0.3, 0.4) is 0 Å². The summed E-state index contributed by atoms with van der Waals surface area (Å²) in [6.45, 7) is 6.74. The highest BCUT2D eigenvalue weighted by Gasteiger charge is 2.50. The maximum absolute atomic E-state index is 6.66. The molecule has 0 spiro atoms. The van der Waals surface area contributed by atoms with Crippen molar-refractivity contribution in [2.45, 2.75) is 0 Å². The van der Waals surface area contributed by atoms with E-state index >= 15 is 0 Å². The molecule has 3 aliphatic heterocycles. The van der Waals surface area contributed by atoms with Crippen LogP contribution in [-0.4, -0.2) is 79.3 Å². The normalized spacial score (nSPS) is 41.2. The first-order valence-electron chi connectivity index (χ1n) is 5.60. The molecule has 0 amide bonds. The standard InChI is InChI=1S/C9H23N5P/c1-11-4-7-14-8-5-12(2)15(11,10)13(3)6-9-14/h4-10H2,1-3H3/q+1. The average molecular weight is 232 g/mol. The molecule has 15 heavy (non-hydrogen) atoms. The maximum Gasteiger partial charge on any atom is 0.302 e. The Morgan fingerprint density at radius 2 is 1.07 bits per heavy atom. The van der Waals surface area contributed by atoms with Crippen LogP contribution < -0.4 is 5.50 Å². The number of likely N-dealkylation sites (N-methyl/N-ethyl adjacent to an activating group) is 3. The Kier molecular flexibility index (Phi) is 3.31. The molecule has 3 heterocycles. The summed E-state index contributed by atoms with van der Waals surface area (Å²) >= 11 is 0. The van der Waals surface area contributed by atoms with E-state index in [9.17, 15) is 0 Å². The highest BCUT2D eigenvalue weighted by Crippen LogP contribution is 2.58. The molecule has 88 valence electrons. The lowest BCUT2D eigenvalue weighted by Crippen LogP contribution is -2.56. The third kappa shape index (κ3) is 1.93. The Bertz CT molecular complexity index is 201. The molecule has 3 fully saturated rings. The van der Waals surface area contributed by atoms with Gasteiger partial charge in [-0.2, -0.15) is 5.50 Å². The van der Waals surface area contributed by atoms with Crippen molar-refractivity contribution < 1.29 is 0 Å². The lowest BCUT2D eigenvalue weighted by molar-refractivity contribution is 0.181. The minimum atomic E-state index is -1.70. The monoisotopic (exact) mass is 232 g/mol. The van der Waals surface area contributed by atoms with Crippen molar-refractivity contribution in [2.75, 3.05) is 60.4 Å². The van der Waals surface area contributed by atoms with Crippen LogP contribution in [0, 0.1) is 0 Å². The molecule has 0 saturated carbocycles. The number of nitrogens with two attached hydrogens (primary N) is 1. The number of hydrogen-bond donors (Lipinski definition) is 1. The molecule has 2 N–H and O–H groups in total. The van der Waals surface area contributed by atoms with Gasteiger partial charge in [0.25, 0.3) is 0 Å². The van der Waals surface area contributed by atoms with E-state index in [0.717, 1.165) is 39.3 Å². The summed E-state index contributed by atoms with van der Waals surface area (Å²) in [5, 5.41) is 0. The smallest absolute Gasteiger partial charge is 0.299 e. The SMILES string of the molecule is CN1CCN2CCN(C)[P+]1(N)N(C)CC2. The van der Waals surface area contributed by atoms with Gasteiger partial charge in [0, 0.05) is 40.8 Å². The third-order valence-corrected chi connectivity index (χ3v) is 7.34. The number of hydrogen-bond acceptors (Lipinski definition) is 5. The molecule has 0 aromatic carbocycles. The Morgan fingerprint density at radius 1 is 0.733 bits per heavy atom. The van der Waals surface area contributed by atoms with E-state index in [-0.39, 0.29) is 0 Å². The molecular formula is C9H23N5P+. The Balaban J connectivity index is 2.29. The Hall–Kier alpha value is 0.230.